The van der Waals surface area contributed by atoms with Gasteiger partial charge >= 0.3 is 0 Å². The lowest BCUT2D eigenvalue weighted by atomic mass is 10.3. The predicted molar refractivity (Wildman–Crippen MR) is 76.8 cm³/mol. The van der Waals surface area contributed by atoms with Crippen LogP contribution in [0.2, 0.25) is 0 Å². The number of hydrogen-bond acceptors (Lipinski definition) is 4. The molecule has 0 saturated heterocycles. The molecule has 1 amide bonds. The molecule has 104 valence electrons. The van der Waals surface area contributed by atoms with Crippen LogP contribution in [0.5, 0.6) is 0 Å². The van der Waals surface area contributed by atoms with Crippen LogP contribution < -0.4 is 5.32 Å². The summed E-state index contributed by atoms with van der Waals surface area (Å²) in [5, 5.41) is 11.0. The summed E-state index contributed by atoms with van der Waals surface area (Å²) in [7, 11) is 0. The van der Waals surface area contributed by atoms with E-state index in [2.05, 4.69) is 20.5 Å². The van der Waals surface area contributed by atoms with E-state index in [0.29, 0.717) is 6.54 Å². The first-order chi connectivity index (χ1) is 10.3. The van der Waals surface area contributed by atoms with Gasteiger partial charge in [-0.05, 0) is 24.3 Å². The van der Waals surface area contributed by atoms with Gasteiger partial charge in [-0.1, -0.05) is 24.3 Å². The van der Waals surface area contributed by atoms with Gasteiger partial charge in [0.1, 0.15) is 0 Å². The summed E-state index contributed by atoms with van der Waals surface area (Å²) in [5.41, 5.74) is 1.87. The Morgan fingerprint density at radius 3 is 2.67 bits per heavy atom. The molecule has 1 aromatic carbocycles. The summed E-state index contributed by atoms with van der Waals surface area (Å²) in [4.78, 5) is 17.6. The largest absolute Gasteiger partial charge is 0.345 e. The Balaban J connectivity index is 1.67. The summed E-state index contributed by atoms with van der Waals surface area (Å²) in [5.74, 6) is -0.275. The van der Waals surface area contributed by atoms with E-state index in [1.165, 1.54) is 11.0 Å². The Kier molecular flexibility index (Phi) is 3.68. The molecule has 3 aromatic rings. The van der Waals surface area contributed by atoms with Gasteiger partial charge in [-0.25, -0.2) is 0 Å². The van der Waals surface area contributed by atoms with Crippen LogP contribution in [0, 0.1) is 0 Å². The zero-order valence-electron chi connectivity index (χ0n) is 11.2. The number of carbonyl (C=O) groups is 1. The topological polar surface area (TPSA) is 72.7 Å². The van der Waals surface area contributed by atoms with Crippen LogP contribution in [0.3, 0.4) is 0 Å². The zero-order valence-corrected chi connectivity index (χ0v) is 11.2. The van der Waals surface area contributed by atoms with Crippen molar-refractivity contribution in [1.29, 1.82) is 0 Å². The number of para-hydroxylation sites is 1. The SMILES string of the molecule is O=C(NCc1ccccn1)c1cnn(-c2ccccc2)n1. The molecule has 6 heteroatoms. The molecular formula is C15H13N5O. The van der Waals surface area contributed by atoms with E-state index in [9.17, 15) is 4.79 Å². The number of amides is 1. The van der Waals surface area contributed by atoms with E-state index in [4.69, 9.17) is 0 Å². The van der Waals surface area contributed by atoms with Crippen LogP contribution in [0.15, 0.2) is 60.9 Å². The third-order valence-electron chi connectivity index (χ3n) is 2.87. The van der Waals surface area contributed by atoms with E-state index in [1.54, 1.807) is 6.20 Å². The quantitative estimate of drug-likeness (QED) is 0.787. The van der Waals surface area contributed by atoms with Crippen molar-refractivity contribution in [1.82, 2.24) is 25.3 Å². The molecule has 2 aromatic heterocycles. The molecule has 0 radical (unpaired) electrons. The normalized spacial score (nSPS) is 10.3. The molecule has 0 aliphatic carbocycles. The summed E-state index contributed by atoms with van der Waals surface area (Å²) in [6.45, 7) is 0.359. The summed E-state index contributed by atoms with van der Waals surface area (Å²) in [6.07, 6.45) is 3.13. The number of carbonyl (C=O) groups excluding carboxylic acids is 1. The van der Waals surface area contributed by atoms with E-state index >= 15 is 0 Å². The van der Waals surface area contributed by atoms with Gasteiger partial charge in [0.25, 0.3) is 5.91 Å². The second kappa shape index (κ2) is 5.96. The fourth-order valence-electron chi connectivity index (χ4n) is 1.82. The van der Waals surface area contributed by atoms with Gasteiger partial charge in [0.15, 0.2) is 5.69 Å². The van der Waals surface area contributed by atoms with Gasteiger partial charge in [-0.3, -0.25) is 9.78 Å². The number of nitrogens with one attached hydrogen (secondary N) is 1. The molecule has 0 fully saturated rings. The minimum atomic E-state index is -0.275. The van der Waals surface area contributed by atoms with Crippen LogP contribution in [0.1, 0.15) is 16.2 Å². The van der Waals surface area contributed by atoms with Crippen LogP contribution in [0.4, 0.5) is 0 Å². The lowest BCUT2D eigenvalue weighted by molar-refractivity contribution is 0.0945. The maximum Gasteiger partial charge on any atom is 0.273 e. The van der Waals surface area contributed by atoms with Crippen molar-refractivity contribution < 1.29 is 4.79 Å². The molecule has 0 bridgehead atoms. The molecule has 0 spiro atoms. The van der Waals surface area contributed by atoms with Gasteiger partial charge < -0.3 is 5.32 Å². The number of hydrogen-bond donors (Lipinski definition) is 1. The highest BCUT2D eigenvalue weighted by Crippen LogP contribution is 2.04. The molecule has 0 atom stereocenters. The smallest absolute Gasteiger partial charge is 0.273 e. The molecule has 2 heterocycles. The fraction of sp³-hybridized carbons (Fsp3) is 0.0667. The molecule has 0 unspecified atom stereocenters. The maximum atomic E-state index is 12.0. The second-order valence-corrected chi connectivity index (χ2v) is 4.36. The van der Waals surface area contributed by atoms with Gasteiger partial charge in [-0.2, -0.15) is 9.90 Å². The highest BCUT2D eigenvalue weighted by molar-refractivity contribution is 5.91. The minimum Gasteiger partial charge on any atom is -0.345 e. The molecule has 0 aliphatic heterocycles. The number of pyridine rings is 1. The first-order valence-corrected chi connectivity index (χ1v) is 6.49. The van der Waals surface area contributed by atoms with Gasteiger partial charge in [0.05, 0.1) is 24.1 Å². The molecule has 6 nitrogen and oxygen atoms in total. The fourth-order valence-corrected chi connectivity index (χ4v) is 1.82. The highest BCUT2D eigenvalue weighted by atomic mass is 16.2. The van der Waals surface area contributed by atoms with Crippen molar-refractivity contribution in [3.05, 3.63) is 72.3 Å². The van der Waals surface area contributed by atoms with Crippen molar-refractivity contribution in [2.45, 2.75) is 6.54 Å². The average Bonchev–Trinajstić information content (AvgIpc) is 3.04. The first kappa shape index (κ1) is 13.0. The average molecular weight is 279 g/mol. The highest BCUT2D eigenvalue weighted by Gasteiger charge is 2.11. The van der Waals surface area contributed by atoms with Crippen LogP contribution in [-0.2, 0) is 6.54 Å². The molecule has 0 aliphatic rings. The Labute approximate surface area is 121 Å². The van der Waals surface area contributed by atoms with E-state index in [1.807, 2.05) is 48.5 Å². The number of nitrogens with zero attached hydrogens (tertiary/aromatic N) is 4. The molecule has 21 heavy (non-hydrogen) atoms. The summed E-state index contributed by atoms with van der Waals surface area (Å²) >= 11 is 0. The Bertz CT molecular complexity index is 724. The molecule has 3 rings (SSSR count). The standard InChI is InChI=1S/C15H13N5O/c21-15(17-10-12-6-4-5-9-16-12)14-11-18-20(19-14)13-7-2-1-3-8-13/h1-9,11H,10H2,(H,17,21). The van der Waals surface area contributed by atoms with Crippen molar-refractivity contribution in [2.75, 3.05) is 0 Å². The minimum absolute atomic E-state index is 0.273. The van der Waals surface area contributed by atoms with Crippen LogP contribution in [0.25, 0.3) is 5.69 Å². The number of benzene rings is 1. The third kappa shape index (κ3) is 3.11. The van der Waals surface area contributed by atoms with Crippen molar-refractivity contribution in [3.8, 4) is 5.69 Å². The summed E-state index contributed by atoms with van der Waals surface area (Å²) < 4.78 is 0. The zero-order chi connectivity index (χ0) is 14.5. The first-order valence-electron chi connectivity index (χ1n) is 6.49. The second-order valence-electron chi connectivity index (χ2n) is 4.36. The van der Waals surface area contributed by atoms with Crippen molar-refractivity contribution in [3.63, 3.8) is 0 Å². The van der Waals surface area contributed by atoms with Gasteiger partial charge in [0.2, 0.25) is 0 Å². The monoisotopic (exact) mass is 279 g/mol. The summed E-state index contributed by atoms with van der Waals surface area (Å²) in [6, 6.07) is 15.0. The lowest BCUT2D eigenvalue weighted by Crippen LogP contribution is -2.23. The molecule has 0 saturated carbocycles. The number of aromatic nitrogens is 4. The van der Waals surface area contributed by atoms with Gasteiger partial charge in [0, 0.05) is 6.20 Å². The van der Waals surface area contributed by atoms with Crippen LogP contribution in [-0.4, -0.2) is 25.9 Å². The van der Waals surface area contributed by atoms with Crippen molar-refractivity contribution in [2.24, 2.45) is 0 Å². The van der Waals surface area contributed by atoms with Crippen LogP contribution >= 0.6 is 0 Å². The maximum absolute atomic E-state index is 12.0. The van der Waals surface area contributed by atoms with Crippen molar-refractivity contribution >= 4 is 5.91 Å². The Morgan fingerprint density at radius 2 is 1.90 bits per heavy atom. The Hall–Kier alpha value is -3.02. The van der Waals surface area contributed by atoms with E-state index < -0.39 is 0 Å². The lowest BCUT2D eigenvalue weighted by Gasteiger charge is -2.02. The van der Waals surface area contributed by atoms with Gasteiger partial charge in [-0.15, -0.1) is 5.10 Å². The molecular weight excluding hydrogens is 266 g/mol. The molecule has 1 N–H and O–H groups in total. The third-order valence-corrected chi connectivity index (χ3v) is 2.87. The number of rotatable bonds is 4. The van der Waals surface area contributed by atoms with E-state index in [0.717, 1.165) is 11.4 Å². The Morgan fingerprint density at radius 1 is 1.10 bits per heavy atom. The van der Waals surface area contributed by atoms with E-state index in [-0.39, 0.29) is 11.6 Å². The predicted octanol–water partition coefficient (Wildman–Crippen LogP) is 1.59.